The molecule has 112 valence electrons. The summed E-state index contributed by atoms with van der Waals surface area (Å²) >= 11 is 1.39. The first-order valence-corrected chi connectivity index (χ1v) is 7.75. The van der Waals surface area contributed by atoms with Crippen molar-refractivity contribution in [2.75, 3.05) is 5.84 Å². The highest BCUT2D eigenvalue weighted by atomic mass is 32.2. The molecule has 2 rings (SSSR count). The molecule has 0 saturated heterocycles. The van der Waals surface area contributed by atoms with Crippen LogP contribution in [0, 0.1) is 0 Å². The molecule has 0 bridgehead atoms. The van der Waals surface area contributed by atoms with Gasteiger partial charge in [0.1, 0.15) is 0 Å². The summed E-state index contributed by atoms with van der Waals surface area (Å²) in [6.07, 6.45) is 2.88. The van der Waals surface area contributed by atoms with Crippen LogP contribution in [0.25, 0.3) is 0 Å². The average molecular weight is 306 g/mol. The van der Waals surface area contributed by atoms with Crippen LogP contribution in [-0.2, 0) is 12.2 Å². The van der Waals surface area contributed by atoms with Gasteiger partial charge in [-0.25, -0.2) is 9.47 Å². The largest absolute Gasteiger partial charge is 0.478 e. The number of aromatic nitrogens is 3. The maximum Gasteiger partial charge on any atom is 0.335 e. The molecule has 3 N–H and O–H groups in total. The first-order chi connectivity index (χ1) is 10.1. The minimum atomic E-state index is -0.927. The maximum absolute atomic E-state index is 11.2. The van der Waals surface area contributed by atoms with E-state index in [-0.39, 0.29) is 0 Å². The third-order valence-electron chi connectivity index (χ3n) is 3.09. The monoisotopic (exact) mass is 306 g/mol. The van der Waals surface area contributed by atoms with Crippen LogP contribution in [0.2, 0.25) is 0 Å². The van der Waals surface area contributed by atoms with Gasteiger partial charge in [-0.1, -0.05) is 43.3 Å². The van der Waals surface area contributed by atoms with Crippen molar-refractivity contribution in [2.24, 2.45) is 0 Å². The Morgan fingerprint density at radius 3 is 2.86 bits per heavy atom. The van der Waals surface area contributed by atoms with Crippen LogP contribution < -0.4 is 5.84 Å². The highest BCUT2D eigenvalue weighted by Gasteiger charge is 2.13. The van der Waals surface area contributed by atoms with Crippen LogP contribution in [0.4, 0.5) is 0 Å². The van der Waals surface area contributed by atoms with Crippen molar-refractivity contribution in [1.29, 1.82) is 0 Å². The lowest BCUT2D eigenvalue weighted by Gasteiger charge is -2.06. The number of hydrogen-bond acceptors (Lipinski definition) is 5. The molecule has 0 saturated carbocycles. The quantitative estimate of drug-likeness (QED) is 0.602. The van der Waals surface area contributed by atoms with Gasteiger partial charge in [-0.15, -0.1) is 10.2 Å². The second-order valence-corrected chi connectivity index (χ2v) is 5.57. The Balaban J connectivity index is 2.07. The second kappa shape index (κ2) is 7.12. The Labute approximate surface area is 127 Å². The summed E-state index contributed by atoms with van der Waals surface area (Å²) in [6.45, 7) is 2.11. The number of nitrogens with zero attached hydrogens (tertiary/aromatic N) is 3. The molecular formula is C14H18N4O2S. The van der Waals surface area contributed by atoms with E-state index in [0.29, 0.717) is 16.5 Å². The molecule has 1 heterocycles. The van der Waals surface area contributed by atoms with Crippen LogP contribution in [-0.4, -0.2) is 25.9 Å². The van der Waals surface area contributed by atoms with Crippen molar-refractivity contribution in [3.05, 3.63) is 41.2 Å². The van der Waals surface area contributed by atoms with E-state index >= 15 is 0 Å². The molecule has 21 heavy (non-hydrogen) atoms. The number of hydrogen-bond donors (Lipinski definition) is 2. The lowest BCUT2D eigenvalue weighted by atomic mass is 10.1. The molecule has 0 aliphatic carbocycles. The number of thioether (sulfide) groups is 1. The molecule has 0 aliphatic heterocycles. The zero-order valence-corrected chi connectivity index (χ0v) is 12.6. The van der Waals surface area contributed by atoms with E-state index < -0.39 is 5.97 Å². The third kappa shape index (κ3) is 3.75. The van der Waals surface area contributed by atoms with Crippen molar-refractivity contribution in [3.8, 4) is 0 Å². The smallest absolute Gasteiger partial charge is 0.335 e. The Hall–Kier alpha value is -2.02. The second-order valence-electron chi connectivity index (χ2n) is 4.62. The molecule has 7 heteroatoms. The fourth-order valence-corrected chi connectivity index (χ4v) is 2.79. The summed E-state index contributed by atoms with van der Waals surface area (Å²) in [4.78, 5) is 11.2. The van der Waals surface area contributed by atoms with Crippen LogP contribution in [0.1, 0.15) is 41.5 Å². The zero-order chi connectivity index (χ0) is 15.2. The van der Waals surface area contributed by atoms with Gasteiger partial charge in [0.05, 0.1) is 5.56 Å². The number of unbranched alkanes of at least 4 members (excludes halogenated alkanes) is 1. The standard InChI is InChI=1S/C14H18N4O2S/c1-2-3-8-12-16-17-14(18(12)15)21-9-10-6-4-5-7-11(10)13(19)20/h4-7H,2-3,8-9,15H2,1H3,(H,19,20). The van der Waals surface area contributed by atoms with Crippen LogP contribution in [0.15, 0.2) is 29.4 Å². The summed E-state index contributed by atoms with van der Waals surface area (Å²) in [5, 5.41) is 17.9. The van der Waals surface area contributed by atoms with Gasteiger partial charge < -0.3 is 10.9 Å². The third-order valence-corrected chi connectivity index (χ3v) is 4.09. The van der Waals surface area contributed by atoms with Crippen LogP contribution in [0.3, 0.4) is 0 Å². The average Bonchev–Trinajstić information content (AvgIpc) is 2.83. The number of nitrogens with two attached hydrogens (primary N) is 1. The fraction of sp³-hybridized carbons (Fsp3) is 0.357. The van der Waals surface area contributed by atoms with Gasteiger partial charge in [0.2, 0.25) is 5.16 Å². The molecule has 2 aromatic rings. The van der Waals surface area contributed by atoms with E-state index in [2.05, 4.69) is 17.1 Å². The highest BCUT2D eigenvalue weighted by Crippen LogP contribution is 2.23. The lowest BCUT2D eigenvalue weighted by Crippen LogP contribution is -2.14. The number of aromatic carboxylic acids is 1. The van der Waals surface area contributed by atoms with Gasteiger partial charge in [0.25, 0.3) is 0 Å². The zero-order valence-electron chi connectivity index (χ0n) is 11.8. The number of carboxylic acid groups (broad SMARTS) is 1. The molecule has 1 aromatic heterocycles. The number of nitrogen functional groups attached to an aromatic ring is 1. The number of aryl methyl sites for hydroxylation is 1. The Kier molecular flexibility index (Phi) is 5.21. The van der Waals surface area contributed by atoms with Gasteiger partial charge in [-0.05, 0) is 18.1 Å². The molecule has 0 amide bonds. The SMILES string of the molecule is CCCCc1nnc(SCc2ccccc2C(=O)O)n1N. The molecule has 1 aromatic carbocycles. The van der Waals surface area contributed by atoms with Gasteiger partial charge >= 0.3 is 5.97 Å². The predicted octanol–water partition coefficient (Wildman–Crippen LogP) is 2.32. The Bertz CT molecular complexity index is 627. The normalized spacial score (nSPS) is 10.7. The molecule has 6 nitrogen and oxygen atoms in total. The van der Waals surface area contributed by atoms with Crippen molar-refractivity contribution in [1.82, 2.24) is 14.9 Å². The summed E-state index contributed by atoms with van der Waals surface area (Å²) in [7, 11) is 0. The van der Waals surface area contributed by atoms with Crippen molar-refractivity contribution >= 4 is 17.7 Å². The summed E-state index contributed by atoms with van der Waals surface area (Å²) in [6, 6.07) is 6.93. The van der Waals surface area contributed by atoms with Gasteiger partial charge in [0.15, 0.2) is 5.82 Å². The fourth-order valence-electron chi connectivity index (χ4n) is 1.91. The first-order valence-electron chi connectivity index (χ1n) is 6.76. The van der Waals surface area contributed by atoms with Gasteiger partial charge in [0, 0.05) is 12.2 Å². The number of carboxylic acids is 1. The number of benzene rings is 1. The van der Waals surface area contributed by atoms with E-state index in [1.165, 1.54) is 16.4 Å². The summed E-state index contributed by atoms with van der Waals surface area (Å²) in [5.74, 6) is 6.28. The van der Waals surface area contributed by atoms with E-state index in [9.17, 15) is 4.79 Å². The van der Waals surface area contributed by atoms with Crippen molar-refractivity contribution in [3.63, 3.8) is 0 Å². The summed E-state index contributed by atoms with van der Waals surface area (Å²) in [5.41, 5.74) is 1.05. The van der Waals surface area contributed by atoms with Crippen LogP contribution >= 0.6 is 11.8 Å². The molecule has 0 fully saturated rings. The first kappa shape index (κ1) is 15.4. The molecule has 0 atom stereocenters. The molecule has 0 spiro atoms. The minimum Gasteiger partial charge on any atom is -0.478 e. The van der Waals surface area contributed by atoms with E-state index in [1.54, 1.807) is 18.2 Å². The highest BCUT2D eigenvalue weighted by molar-refractivity contribution is 7.98. The molecule has 0 unspecified atom stereocenters. The molecule has 0 radical (unpaired) electrons. The maximum atomic E-state index is 11.2. The lowest BCUT2D eigenvalue weighted by molar-refractivity contribution is 0.0696. The number of rotatable bonds is 7. The molecular weight excluding hydrogens is 288 g/mol. The van der Waals surface area contributed by atoms with E-state index in [0.717, 1.165) is 30.7 Å². The Morgan fingerprint density at radius 1 is 1.38 bits per heavy atom. The minimum absolute atomic E-state index is 0.305. The van der Waals surface area contributed by atoms with Crippen molar-refractivity contribution in [2.45, 2.75) is 37.1 Å². The van der Waals surface area contributed by atoms with Crippen molar-refractivity contribution < 1.29 is 9.90 Å². The van der Waals surface area contributed by atoms with Gasteiger partial charge in [-0.2, -0.15) is 0 Å². The summed E-state index contributed by atoms with van der Waals surface area (Å²) < 4.78 is 1.49. The van der Waals surface area contributed by atoms with E-state index in [4.69, 9.17) is 10.9 Å². The molecule has 0 aliphatic rings. The predicted molar refractivity (Wildman–Crippen MR) is 81.7 cm³/mol. The Morgan fingerprint density at radius 2 is 2.14 bits per heavy atom. The van der Waals surface area contributed by atoms with Crippen LogP contribution in [0.5, 0.6) is 0 Å². The van der Waals surface area contributed by atoms with Gasteiger partial charge in [-0.3, -0.25) is 0 Å². The topological polar surface area (TPSA) is 94.0 Å². The number of carbonyl (C=O) groups is 1. The van der Waals surface area contributed by atoms with E-state index in [1.807, 2.05) is 6.07 Å².